The van der Waals surface area contributed by atoms with Crippen LogP contribution in [0.5, 0.6) is 5.75 Å². The van der Waals surface area contributed by atoms with Gasteiger partial charge in [-0.15, -0.1) is 0 Å². The molecule has 0 saturated heterocycles. The molecule has 0 spiro atoms. The summed E-state index contributed by atoms with van der Waals surface area (Å²) in [5.41, 5.74) is 2.36. The van der Waals surface area contributed by atoms with E-state index in [1.807, 2.05) is 0 Å². The maximum atomic E-state index is 10.9. The van der Waals surface area contributed by atoms with Gasteiger partial charge in [-0.1, -0.05) is 11.6 Å². The number of hydrogen-bond acceptors (Lipinski definition) is 3. The van der Waals surface area contributed by atoms with Gasteiger partial charge in [0.2, 0.25) is 0 Å². The summed E-state index contributed by atoms with van der Waals surface area (Å²) in [5, 5.41) is 17.5. The minimum atomic E-state index is -0.712. The van der Waals surface area contributed by atoms with Crippen LogP contribution in [0.1, 0.15) is 15.9 Å². The normalized spacial score (nSPS) is 9.50. The summed E-state index contributed by atoms with van der Waals surface area (Å²) < 4.78 is 0. The maximum absolute atomic E-state index is 10.9. The Morgan fingerprint density at radius 2 is 2.17 bits per heavy atom. The molecule has 0 aromatic heterocycles. The van der Waals surface area contributed by atoms with E-state index in [0.717, 1.165) is 5.56 Å². The fraction of sp³-hybridized carbons (Fsp3) is 0.125. The highest BCUT2D eigenvalue weighted by atomic mass is 16.5. The van der Waals surface area contributed by atoms with Gasteiger partial charge < -0.3 is 5.11 Å². The number of phenols is 1. The molecule has 0 fully saturated rings. The summed E-state index contributed by atoms with van der Waals surface area (Å²) >= 11 is 0. The Kier molecular flexibility index (Phi) is 2.30. The van der Waals surface area contributed by atoms with Crippen molar-refractivity contribution in [3.05, 3.63) is 29.3 Å². The smallest absolute Gasteiger partial charge is 0.278 e. The molecule has 0 aliphatic heterocycles. The number of hydrogen-bond donors (Lipinski definition) is 3. The van der Waals surface area contributed by atoms with Gasteiger partial charge >= 0.3 is 0 Å². The summed E-state index contributed by atoms with van der Waals surface area (Å²) in [6.07, 6.45) is 0. The van der Waals surface area contributed by atoms with E-state index in [1.54, 1.807) is 13.0 Å². The van der Waals surface area contributed by atoms with Crippen molar-refractivity contribution in [2.24, 2.45) is 0 Å². The SMILES string of the molecule is Cc1ccc(O)c(C(=O)NO)c1. The number of phenolic OH excluding ortho intramolecular Hbond substituents is 1. The molecule has 4 nitrogen and oxygen atoms in total. The molecule has 1 aromatic carbocycles. The van der Waals surface area contributed by atoms with Gasteiger partial charge in [-0.25, -0.2) is 5.48 Å². The number of rotatable bonds is 1. The van der Waals surface area contributed by atoms with Crippen molar-refractivity contribution in [1.29, 1.82) is 0 Å². The van der Waals surface area contributed by atoms with Crippen LogP contribution in [-0.2, 0) is 0 Å². The van der Waals surface area contributed by atoms with Gasteiger partial charge in [-0.05, 0) is 19.1 Å². The van der Waals surface area contributed by atoms with Crippen molar-refractivity contribution in [3.8, 4) is 5.75 Å². The Hall–Kier alpha value is -1.55. The third-order valence-electron chi connectivity index (χ3n) is 1.50. The number of nitrogens with one attached hydrogen (secondary N) is 1. The van der Waals surface area contributed by atoms with E-state index in [2.05, 4.69) is 0 Å². The zero-order valence-electron chi connectivity index (χ0n) is 6.53. The second-order valence-corrected chi connectivity index (χ2v) is 2.46. The molecular weight excluding hydrogens is 158 g/mol. The standard InChI is InChI=1S/C8H9NO3/c1-5-2-3-7(10)6(4-5)8(11)9-12/h2-4,10,12H,1H3,(H,9,11). The second kappa shape index (κ2) is 3.23. The highest BCUT2D eigenvalue weighted by molar-refractivity contribution is 5.96. The molecule has 0 bridgehead atoms. The van der Waals surface area contributed by atoms with Gasteiger partial charge in [0, 0.05) is 0 Å². The van der Waals surface area contributed by atoms with Gasteiger partial charge in [0.15, 0.2) is 0 Å². The van der Waals surface area contributed by atoms with E-state index in [-0.39, 0.29) is 11.3 Å². The zero-order valence-corrected chi connectivity index (χ0v) is 6.53. The Bertz CT molecular complexity index is 309. The minimum absolute atomic E-state index is 0.0671. The first-order chi connectivity index (χ1) is 5.65. The molecule has 64 valence electrons. The van der Waals surface area contributed by atoms with Crippen molar-refractivity contribution in [3.63, 3.8) is 0 Å². The average molecular weight is 167 g/mol. The maximum Gasteiger partial charge on any atom is 0.278 e. The molecule has 1 rings (SSSR count). The number of aryl methyl sites for hydroxylation is 1. The van der Waals surface area contributed by atoms with Crippen LogP contribution in [0, 0.1) is 6.92 Å². The predicted octanol–water partition coefficient (Wildman–Crippen LogP) is 0.820. The van der Waals surface area contributed by atoms with Crippen molar-refractivity contribution in [2.45, 2.75) is 6.92 Å². The predicted molar refractivity (Wildman–Crippen MR) is 42.1 cm³/mol. The first-order valence-electron chi connectivity index (χ1n) is 3.39. The Labute approximate surface area is 69.4 Å². The van der Waals surface area contributed by atoms with Crippen molar-refractivity contribution in [1.82, 2.24) is 5.48 Å². The molecule has 0 unspecified atom stereocenters. The van der Waals surface area contributed by atoms with Gasteiger partial charge in [-0.3, -0.25) is 10.0 Å². The highest BCUT2D eigenvalue weighted by Crippen LogP contribution is 2.17. The summed E-state index contributed by atoms with van der Waals surface area (Å²) in [6.45, 7) is 1.79. The molecule has 4 heteroatoms. The highest BCUT2D eigenvalue weighted by Gasteiger charge is 2.09. The second-order valence-electron chi connectivity index (χ2n) is 2.46. The number of hydroxylamine groups is 1. The lowest BCUT2D eigenvalue weighted by molar-refractivity contribution is 0.0703. The average Bonchev–Trinajstić information content (AvgIpc) is 2.08. The quantitative estimate of drug-likeness (QED) is 0.428. The van der Waals surface area contributed by atoms with E-state index < -0.39 is 5.91 Å². The number of benzene rings is 1. The molecule has 3 N–H and O–H groups in total. The van der Waals surface area contributed by atoms with Crippen LogP contribution in [-0.4, -0.2) is 16.2 Å². The summed E-state index contributed by atoms with van der Waals surface area (Å²) in [6, 6.07) is 4.56. The Morgan fingerprint density at radius 3 is 2.75 bits per heavy atom. The molecule has 0 aliphatic rings. The number of amides is 1. The molecule has 0 radical (unpaired) electrons. The van der Waals surface area contributed by atoms with Crippen LogP contribution in [0.25, 0.3) is 0 Å². The lowest BCUT2D eigenvalue weighted by Gasteiger charge is -2.02. The fourth-order valence-electron chi connectivity index (χ4n) is 0.892. The molecule has 0 atom stereocenters. The van der Waals surface area contributed by atoms with E-state index >= 15 is 0 Å². The Morgan fingerprint density at radius 1 is 1.50 bits per heavy atom. The third kappa shape index (κ3) is 1.54. The molecule has 0 heterocycles. The molecule has 1 amide bonds. The van der Waals surface area contributed by atoms with Crippen molar-refractivity contribution >= 4 is 5.91 Å². The summed E-state index contributed by atoms with van der Waals surface area (Å²) in [7, 11) is 0. The molecule has 12 heavy (non-hydrogen) atoms. The number of carbonyl (C=O) groups excluding carboxylic acids is 1. The number of carbonyl (C=O) groups is 1. The first-order valence-corrected chi connectivity index (χ1v) is 3.39. The van der Waals surface area contributed by atoms with E-state index in [4.69, 9.17) is 10.3 Å². The van der Waals surface area contributed by atoms with Gasteiger partial charge in [0.25, 0.3) is 5.91 Å². The van der Waals surface area contributed by atoms with Crippen LogP contribution in [0.2, 0.25) is 0 Å². The summed E-state index contributed by atoms with van der Waals surface area (Å²) in [5.74, 6) is -0.858. The lowest BCUT2D eigenvalue weighted by atomic mass is 10.1. The van der Waals surface area contributed by atoms with Gasteiger partial charge in [0.1, 0.15) is 5.75 Å². The summed E-state index contributed by atoms with van der Waals surface area (Å²) in [4.78, 5) is 10.9. The van der Waals surface area contributed by atoms with Crippen LogP contribution < -0.4 is 5.48 Å². The number of aromatic hydroxyl groups is 1. The van der Waals surface area contributed by atoms with E-state index in [1.165, 1.54) is 17.6 Å². The van der Waals surface area contributed by atoms with Crippen LogP contribution in [0.15, 0.2) is 18.2 Å². The lowest BCUT2D eigenvalue weighted by Crippen LogP contribution is -2.18. The molecular formula is C8H9NO3. The van der Waals surface area contributed by atoms with Crippen molar-refractivity contribution in [2.75, 3.05) is 0 Å². The van der Waals surface area contributed by atoms with Crippen LogP contribution in [0.4, 0.5) is 0 Å². The molecule has 0 aliphatic carbocycles. The topological polar surface area (TPSA) is 69.6 Å². The first kappa shape index (κ1) is 8.55. The van der Waals surface area contributed by atoms with Crippen molar-refractivity contribution < 1.29 is 15.1 Å². The fourth-order valence-corrected chi connectivity index (χ4v) is 0.892. The molecule has 0 saturated carbocycles. The monoisotopic (exact) mass is 167 g/mol. The Balaban J connectivity index is 3.13. The van der Waals surface area contributed by atoms with E-state index in [9.17, 15) is 4.79 Å². The van der Waals surface area contributed by atoms with Gasteiger partial charge in [0.05, 0.1) is 5.56 Å². The minimum Gasteiger partial charge on any atom is -0.507 e. The van der Waals surface area contributed by atoms with Crippen LogP contribution in [0.3, 0.4) is 0 Å². The largest absolute Gasteiger partial charge is 0.507 e. The van der Waals surface area contributed by atoms with Crippen LogP contribution >= 0.6 is 0 Å². The molecule has 1 aromatic rings. The van der Waals surface area contributed by atoms with E-state index in [0.29, 0.717) is 0 Å². The third-order valence-corrected chi connectivity index (χ3v) is 1.50. The zero-order chi connectivity index (χ0) is 9.14. The van der Waals surface area contributed by atoms with Gasteiger partial charge in [-0.2, -0.15) is 0 Å².